The van der Waals surface area contributed by atoms with Gasteiger partial charge in [0.1, 0.15) is 0 Å². The summed E-state index contributed by atoms with van der Waals surface area (Å²) in [5.41, 5.74) is 6.30. The van der Waals surface area contributed by atoms with Crippen LogP contribution in [0.15, 0.2) is 24.3 Å². The summed E-state index contributed by atoms with van der Waals surface area (Å²) in [6.07, 6.45) is 1.71. The third kappa shape index (κ3) is 3.54. The molecule has 1 aliphatic rings. The molecule has 2 rings (SSSR count). The Labute approximate surface area is 112 Å². The van der Waals surface area contributed by atoms with Gasteiger partial charge in [-0.1, -0.05) is 0 Å². The molecule has 4 N–H and O–H groups in total. The molecule has 1 fully saturated rings. The lowest BCUT2D eigenvalue weighted by molar-refractivity contribution is -0.120. The Kier molecular flexibility index (Phi) is 4.16. The highest BCUT2D eigenvalue weighted by atomic mass is 16.2. The summed E-state index contributed by atoms with van der Waals surface area (Å²) in [5.74, 6) is -0.378. The smallest absolute Gasteiger partial charge is 0.248 e. The number of hydrogen-bond donors (Lipinski definition) is 3. The predicted octanol–water partition coefficient (Wildman–Crippen LogP) is 1.11. The van der Waals surface area contributed by atoms with E-state index >= 15 is 0 Å². The summed E-state index contributed by atoms with van der Waals surface area (Å²) in [5, 5.41) is 6.20. The normalized spacial score (nSPS) is 22.8. The predicted molar refractivity (Wildman–Crippen MR) is 73.8 cm³/mol. The van der Waals surface area contributed by atoms with E-state index in [9.17, 15) is 9.59 Å². The van der Waals surface area contributed by atoms with Crippen LogP contribution in [-0.2, 0) is 4.79 Å². The van der Waals surface area contributed by atoms with E-state index in [1.165, 1.54) is 0 Å². The molecule has 19 heavy (non-hydrogen) atoms. The van der Waals surface area contributed by atoms with Gasteiger partial charge >= 0.3 is 0 Å². The van der Waals surface area contributed by atoms with Gasteiger partial charge in [0, 0.05) is 23.2 Å². The fraction of sp³-hybridized carbons (Fsp3) is 0.429. The van der Waals surface area contributed by atoms with Crippen LogP contribution in [0.2, 0.25) is 0 Å². The highest BCUT2D eigenvalue weighted by molar-refractivity contribution is 5.95. The van der Waals surface area contributed by atoms with Crippen molar-refractivity contribution in [3.8, 4) is 0 Å². The molecule has 1 saturated heterocycles. The lowest BCUT2D eigenvalue weighted by atomic mass is 9.92. The Bertz CT molecular complexity index is 470. The zero-order valence-corrected chi connectivity index (χ0v) is 11.0. The Hall–Kier alpha value is -1.88. The van der Waals surface area contributed by atoms with Gasteiger partial charge in [-0.2, -0.15) is 0 Å². The zero-order chi connectivity index (χ0) is 13.8. The first-order valence-corrected chi connectivity index (χ1v) is 6.50. The molecule has 0 aromatic heterocycles. The molecule has 0 saturated carbocycles. The number of carbonyl (C=O) groups excluding carboxylic acids is 2. The molecule has 0 spiro atoms. The van der Waals surface area contributed by atoms with E-state index in [4.69, 9.17) is 5.73 Å². The van der Waals surface area contributed by atoms with Crippen molar-refractivity contribution in [3.05, 3.63) is 29.8 Å². The lowest BCUT2D eigenvalue weighted by Crippen LogP contribution is -2.40. The SMILES string of the molecule is CC1CC(C(=O)Nc2ccc(C(N)=O)cc2)CCN1. The Morgan fingerprint density at radius 2 is 2.00 bits per heavy atom. The van der Waals surface area contributed by atoms with Crippen molar-refractivity contribution in [2.45, 2.75) is 25.8 Å². The van der Waals surface area contributed by atoms with E-state index in [0.717, 1.165) is 19.4 Å². The quantitative estimate of drug-likeness (QED) is 0.762. The fourth-order valence-electron chi connectivity index (χ4n) is 2.33. The van der Waals surface area contributed by atoms with Crippen LogP contribution in [0.25, 0.3) is 0 Å². The van der Waals surface area contributed by atoms with E-state index in [1.54, 1.807) is 24.3 Å². The van der Waals surface area contributed by atoms with Crippen LogP contribution in [0.3, 0.4) is 0 Å². The Morgan fingerprint density at radius 3 is 2.58 bits per heavy atom. The van der Waals surface area contributed by atoms with E-state index < -0.39 is 5.91 Å². The van der Waals surface area contributed by atoms with Crippen molar-refractivity contribution >= 4 is 17.5 Å². The van der Waals surface area contributed by atoms with Gasteiger partial charge in [0.15, 0.2) is 0 Å². The van der Waals surface area contributed by atoms with Crippen molar-refractivity contribution in [1.29, 1.82) is 0 Å². The van der Waals surface area contributed by atoms with Crippen molar-refractivity contribution in [3.63, 3.8) is 0 Å². The maximum atomic E-state index is 12.1. The molecule has 1 aromatic rings. The third-order valence-electron chi connectivity index (χ3n) is 3.43. The molecule has 1 heterocycles. The van der Waals surface area contributed by atoms with Gasteiger partial charge in [0.25, 0.3) is 0 Å². The molecular weight excluding hydrogens is 242 g/mol. The minimum Gasteiger partial charge on any atom is -0.366 e. The average Bonchev–Trinajstić information content (AvgIpc) is 2.39. The second kappa shape index (κ2) is 5.84. The highest BCUT2D eigenvalue weighted by Crippen LogP contribution is 2.18. The van der Waals surface area contributed by atoms with Crippen LogP contribution in [-0.4, -0.2) is 24.4 Å². The molecule has 102 valence electrons. The maximum absolute atomic E-state index is 12.1. The second-order valence-electron chi connectivity index (χ2n) is 5.01. The summed E-state index contributed by atoms with van der Waals surface area (Å²) >= 11 is 0. The van der Waals surface area contributed by atoms with Crippen LogP contribution >= 0.6 is 0 Å². The van der Waals surface area contributed by atoms with Crippen LogP contribution in [0.1, 0.15) is 30.1 Å². The minimum atomic E-state index is -0.468. The summed E-state index contributed by atoms with van der Waals surface area (Å²) in [6, 6.07) is 7.00. The second-order valence-corrected chi connectivity index (χ2v) is 5.01. The van der Waals surface area contributed by atoms with E-state index in [-0.39, 0.29) is 11.8 Å². The fourth-order valence-corrected chi connectivity index (χ4v) is 2.33. The summed E-state index contributed by atoms with van der Waals surface area (Å²) in [6.45, 7) is 2.96. The molecule has 0 bridgehead atoms. The molecule has 1 aliphatic heterocycles. The van der Waals surface area contributed by atoms with E-state index in [2.05, 4.69) is 17.6 Å². The molecule has 2 unspecified atom stereocenters. The van der Waals surface area contributed by atoms with Crippen molar-refractivity contribution in [2.75, 3.05) is 11.9 Å². The first-order valence-electron chi connectivity index (χ1n) is 6.50. The number of hydrogen-bond acceptors (Lipinski definition) is 3. The van der Waals surface area contributed by atoms with Crippen LogP contribution in [0.4, 0.5) is 5.69 Å². The molecule has 0 radical (unpaired) electrons. The number of anilines is 1. The number of nitrogens with one attached hydrogen (secondary N) is 2. The number of amides is 2. The van der Waals surface area contributed by atoms with Crippen molar-refractivity contribution in [1.82, 2.24) is 5.32 Å². The first kappa shape index (κ1) is 13.5. The minimum absolute atomic E-state index is 0.0418. The first-order chi connectivity index (χ1) is 9.06. The summed E-state index contributed by atoms with van der Waals surface area (Å²) in [4.78, 5) is 23.0. The molecule has 1 aromatic carbocycles. The summed E-state index contributed by atoms with van der Waals surface area (Å²) in [7, 11) is 0. The van der Waals surface area contributed by atoms with Crippen molar-refractivity contribution in [2.24, 2.45) is 11.7 Å². The number of nitrogens with two attached hydrogens (primary N) is 1. The average molecular weight is 261 g/mol. The zero-order valence-electron chi connectivity index (χ0n) is 11.0. The Balaban J connectivity index is 1.96. The molecular formula is C14H19N3O2. The molecule has 0 aliphatic carbocycles. The number of rotatable bonds is 3. The summed E-state index contributed by atoms with van der Waals surface area (Å²) < 4.78 is 0. The van der Waals surface area contributed by atoms with Crippen LogP contribution in [0.5, 0.6) is 0 Å². The van der Waals surface area contributed by atoms with Gasteiger partial charge in [-0.3, -0.25) is 9.59 Å². The Morgan fingerprint density at radius 1 is 1.32 bits per heavy atom. The lowest BCUT2D eigenvalue weighted by Gasteiger charge is -2.27. The van der Waals surface area contributed by atoms with E-state index in [1.807, 2.05) is 0 Å². The molecule has 5 heteroatoms. The molecule has 2 atom stereocenters. The largest absolute Gasteiger partial charge is 0.366 e. The van der Waals surface area contributed by atoms with Gasteiger partial charge < -0.3 is 16.4 Å². The number of primary amides is 1. The monoisotopic (exact) mass is 261 g/mol. The number of carbonyl (C=O) groups is 2. The van der Waals surface area contributed by atoms with Gasteiger partial charge in [-0.15, -0.1) is 0 Å². The van der Waals surface area contributed by atoms with Gasteiger partial charge in [0.2, 0.25) is 11.8 Å². The standard InChI is InChI=1S/C14H19N3O2/c1-9-8-11(6-7-16-9)14(19)17-12-4-2-10(3-5-12)13(15)18/h2-5,9,11,16H,6-8H2,1H3,(H2,15,18)(H,17,19). The van der Waals surface area contributed by atoms with Crippen molar-refractivity contribution < 1.29 is 9.59 Å². The topological polar surface area (TPSA) is 84.2 Å². The van der Waals surface area contributed by atoms with Gasteiger partial charge in [0.05, 0.1) is 0 Å². The molecule has 2 amide bonds. The number of piperidine rings is 1. The van der Waals surface area contributed by atoms with Gasteiger partial charge in [-0.25, -0.2) is 0 Å². The maximum Gasteiger partial charge on any atom is 0.248 e. The third-order valence-corrected chi connectivity index (χ3v) is 3.43. The van der Waals surface area contributed by atoms with E-state index in [0.29, 0.717) is 17.3 Å². The van der Waals surface area contributed by atoms with Crippen LogP contribution < -0.4 is 16.4 Å². The van der Waals surface area contributed by atoms with Crippen LogP contribution in [0, 0.1) is 5.92 Å². The number of benzene rings is 1. The highest BCUT2D eigenvalue weighted by Gasteiger charge is 2.24. The molecule has 5 nitrogen and oxygen atoms in total. The van der Waals surface area contributed by atoms with Gasteiger partial charge in [-0.05, 0) is 50.6 Å².